The third-order valence-corrected chi connectivity index (χ3v) is 6.25. The summed E-state index contributed by atoms with van der Waals surface area (Å²) < 4.78 is 11.8. The number of amides is 2. The maximum Gasteiger partial charge on any atom is 0.257 e. The molecule has 33 heavy (non-hydrogen) atoms. The molecule has 3 atom stereocenters. The Kier molecular flexibility index (Phi) is 8.47. The molecule has 1 N–H and O–H groups in total. The molecule has 0 spiro atoms. The lowest BCUT2D eigenvalue weighted by atomic mass is 10.0. The fourth-order valence-corrected chi connectivity index (χ4v) is 4.02. The monoisotopic (exact) mass is 453 g/mol. The number of ether oxygens (including phenoxy) is 2. The van der Waals surface area contributed by atoms with Crippen LogP contribution in [0.5, 0.6) is 5.75 Å². The van der Waals surface area contributed by atoms with Crippen LogP contribution in [0.4, 0.5) is 5.69 Å². The number of hydrogen-bond acceptors (Lipinski definition) is 5. The van der Waals surface area contributed by atoms with Crippen LogP contribution in [-0.2, 0) is 16.0 Å². The highest BCUT2D eigenvalue weighted by Crippen LogP contribution is 2.26. The number of fused-ring (bicyclic) bond motifs is 1. The van der Waals surface area contributed by atoms with Crippen LogP contribution in [-0.4, -0.2) is 74.7 Å². The quantitative estimate of drug-likeness (QED) is 0.769. The van der Waals surface area contributed by atoms with Gasteiger partial charge in [-0.2, -0.15) is 0 Å². The van der Waals surface area contributed by atoms with E-state index in [9.17, 15) is 9.59 Å². The first-order valence-electron chi connectivity index (χ1n) is 11.4. The molecule has 0 aromatic heterocycles. The Morgan fingerprint density at radius 1 is 1.12 bits per heavy atom. The highest BCUT2D eigenvalue weighted by atomic mass is 16.5. The average Bonchev–Trinajstić information content (AvgIpc) is 2.80. The number of likely N-dealkylation sites (N-methyl/N-ethyl adjacent to an activating group) is 2. The minimum atomic E-state index is -0.167. The van der Waals surface area contributed by atoms with E-state index < -0.39 is 0 Å². The van der Waals surface area contributed by atoms with E-state index in [1.807, 2.05) is 30.3 Å². The number of hydrogen-bond donors (Lipinski definition) is 1. The second-order valence-corrected chi connectivity index (χ2v) is 8.96. The molecule has 1 aliphatic rings. The zero-order valence-corrected chi connectivity index (χ0v) is 20.2. The topological polar surface area (TPSA) is 71.1 Å². The Balaban J connectivity index is 1.85. The highest BCUT2D eigenvalue weighted by molar-refractivity contribution is 5.99. The fourth-order valence-electron chi connectivity index (χ4n) is 4.02. The van der Waals surface area contributed by atoms with Crippen molar-refractivity contribution >= 4 is 17.5 Å². The molecule has 1 heterocycles. The molecule has 1 aliphatic heterocycles. The van der Waals surface area contributed by atoms with Crippen molar-refractivity contribution in [1.29, 1.82) is 0 Å². The number of nitrogens with zero attached hydrogens (tertiary/aromatic N) is 2. The Hall–Kier alpha value is -2.90. The smallest absolute Gasteiger partial charge is 0.257 e. The Labute approximate surface area is 196 Å². The van der Waals surface area contributed by atoms with Crippen LogP contribution in [0.25, 0.3) is 0 Å². The number of rotatable bonds is 4. The van der Waals surface area contributed by atoms with Crippen LogP contribution in [0.3, 0.4) is 0 Å². The molecule has 2 aromatic carbocycles. The Morgan fingerprint density at radius 2 is 1.85 bits per heavy atom. The van der Waals surface area contributed by atoms with Crippen molar-refractivity contribution in [3.8, 4) is 5.75 Å². The zero-order chi connectivity index (χ0) is 24.0. The third kappa shape index (κ3) is 6.55. The van der Waals surface area contributed by atoms with Gasteiger partial charge in [0.15, 0.2) is 0 Å². The lowest BCUT2D eigenvalue weighted by Gasteiger charge is -2.34. The summed E-state index contributed by atoms with van der Waals surface area (Å²) in [6.45, 7) is 5.99. The first kappa shape index (κ1) is 24.7. The first-order valence-corrected chi connectivity index (χ1v) is 11.4. The van der Waals surface area contributed by atoms with E-state index in [-0.39, 0.29) is 36.3 Å². The van der Waals surface area contributed by atoms with Gasteiger partial charge in [-0.05, 0) is 43.7 Å². The number of methoxy groups -OCH3 is 1. The Bertz CT molecular complexity index is 950. The number of carbonyl (C=O) groups excluding carboxylic acids is 2. The van der Waals surface area contributed by atoms with Crippen molar-refractivity contribution < 1.29 is 19.1 Å². The molecule has 7 nitrogen and oxygen atoms in total. The minimum absolute atomic E-state index is 0.0915. The number of carbonyl (C=O) groups is 2. The third-order valence-electron chi connectivity index (χ3n) is 6.25. The standard InChI is InChI=1S/C26H35N3O4/c1-18-15-28(3)19(2)17-33-23-12-11-21(27-25(30)13-20-9-7-6-8-10-20)14-22(23)26(31)29(4)16-24(18)32-5/h6-12,14,18-19,24H,13,15-17H2,1-5H3,(H,27,30)/t18-,19+,24+/m0/s1. The van der Waals surface area contributed by atoms with Crippen molar-refractivity contribution in [3.63, 3.8) is 0 Å². The van der Waals surface area contributed by atoms with E-state index in [1.165, 1.54) is 0 Å². The van der Waals surface area contributed by atoms with Gasteiger partial charge in [0.25, 0.3) is 5.91 Å². The summed E-state index contributed by atoms with van der Waals surface area (Å²) in [5.74, 6) is 0.440. The van der Waals surface area contributed by atoms with E-state index in [0.29, 0.717) is 30.2 Å². The molecular weight excluding hydrogens is 418 g/mol. The van der Waals surface area contributed by atoms with Gasteiger partial charge in [0.1, 0.15) is 12.4 Å². The summed E-state index contributed by atoms with van der Waals surface area (Å²) in [6.07, 6.45) is 0.172. The van der Waals surface area contributed by atoms with Crippen molar-refractivity contribution in [2.45, 2.75) is 32.4 Å². The molecule has 2 aromatic rings. The molecule has 0 saturated carbocycles. The summed E-state index contributed by atoms with van der Waals surface area (Å²) in [5, 5.41) is 2.91. The number of anilines is 1. The molecule has 178 valence electrons. The van der Waals surface area contributed by atoms with Gasteiger partial charge < -0.3 is 19.7 Å². The number of nitrogens with one attached hydrogen (secondary N) is 1. The summed E-state index contributed by atoms with van der Waals surface area (Å²) in [6, 6.07) is 14.9. The van der Waals surface area contributed by atoms with Gasteiger partial charge in [0.05, 0.1) is 18.1 Å². The van der Waals surface area contributed by atoms with Crippen molar-refractivity contribution in [2.75, 3.05) is 46.2 Å². The molecule has 0 saturated heterocycles. The van der Waals surface area contributed by atoms with E-state index in [2.05, 4.69) is 31.1 Å². The normalized spacial score (nSPS) is 22.5. The van der Waals surface area contributed by atoms with Gasteiger partial charge in [-0.25, -0.2) is 0 Å². The maximum atomic E-state index is 13.4. The van der Waals surface area contributed by atoms with Crippen LogP contribution < -0.4 is 10.1 Å². The van der Waals surface area contributed by atoms with Gasteiger partial charge in [-0.3, -0.25) is 14.5 Å². The molecule has 7 heteroatoms. The minimum Gasteiger partial charge on any atom is -0.491 e. The maximum absolute atomic E-state index is 13.4. The molecular formula is C26H35N3O4. The molecule has 0 unspecified atom stereocenters. The molecule has 0 bridgehead atoms. The van der Waals surface area contributed by atoms with Crippen LogP contribution in [0.2, 0.25) is 0 Å². The van der Waals surface area contributed by atoms with E-state index in [4.69, 9.17) is 9.47 Å². The lowest BCUT2D eigenvalue weighted by Crippen LogP contribution is -2.45. The summed E-state index contributed by atoms with van der Waals surface area (Å²) in [5.41, 5.74) is 1.92. The van der Waals surface area contributed by atoms with Crippen LogP contribution >= 0.6 is 0 Å². The molecule has 0 radical (unpaired) electrons. The summed E-state index contributed by atoms with van der Waals surface area (Å²) >= 11 is 0. The van der Waals surface area contributed by atoms with Crippen molar-refractivity contribution in [3.05, 3.63) is 59.7 Å². The van der Waals surface area contributed by atoms with E-state index in [1.54, 1.807) is 37.3 Å². The van der Waals surface area contributed by atoms with Crippen molar-refractivity contribution in [2.24, 2.45) is 5.92 Å². The summed E-state index contributed by atoms with van der Waals surface area (Å²) in [4.78, 5) is 29.8. The largest absolute Gasteiger partial charge is 0.491 e. The molecule has 3 rings (SSSR count). The van der Waals surface area contributed by atoms with Gasteiger partial charge >= 0.3 is 0 Å². The lowest BCUT2D eigenvalue weighted by molar-refractivity contribution is -0.115. The highest BCUT2D eigenvalue weighted by Gasteiger charge is 2.27. The Morgan fingerprint density at radius 3 is 2.55 bits per heavy atom. The predicted molar refractivity (Wildman–Crippen MR) is 130 cm³/mol. The molecule has 2 amide bonds. The van der Waals surface area contributed by atoms with Crippen molar-refractivity contribution in [1.82, 2.24) is 9.80 Å². The average molecular weight is 454 g/mol. The van der Waals surface area contributed by atoms with Gasteiger partial charge in [-0.1, -0.05) is 37.3 Å². The van der Waals surface area contributed by atoms with Gasteiger partial charge in [0.2, 0.25) is 5.91 Å². The first-order chi connectivity index (χ1) is 15.8. The van der Waals surface area contributed by atoms with E-state index >= 15 is 0 Å². The molecule has 0 fully saturated rings. The van der Waals surface area contributed by atoms with E-state index in [0.717, 1.165) is 12.1 Å². The second kappa shape index (κ2) is 11.3. The second-order valence-electron chi connectivity index (χ2n) is 8.96. The van der Waals surface area contributed by atoms with Crippen LogP contribution in [0.1, 0.15) is 29.8 Å². The van der Waals surface area contributed by atoms with Crippen LogP contribution in [0.15, 0.2) is 48.5 Å². The molecule has 0 aliphatic carbocycles. The number of benzene rings is 2. The fraction of sp³-hybridized carbons (Fsp3) is 0.462. The zero-order valence-electron chi connectivity index (χ0n) is 20.2. The van der Waals surface area contributed by atoms with Crippen LogP contribution in [0, 0.1) is 5.92 Å². The SMILES string of the molecule is CO[C@@H]1CN(C)C(=O)c2cc(NC(=O)Cc3ccccc3)ccc2OC[C@@H](C)N(C)C[C@@H]1C. The predicted octanol–water partition coefficient (Wildman–Crippen LogP) is 3.30. The summed E-state index contributed by atoms with van der Waals surface area (Å²) in [7, 11) is 5.53. The van der Waals surface area contributed by atoms with Gasteiger partial charge in [0, 0.05) is 39.0 Å². The van der Waals surface area contributed by atoms with Gasteiger partial charge in [-0.15, -0.1) is 0 Å².